The Morgan fingerprint density at radius 1 is 1.00 bits per heavy atom. The Labute approximate surface area is 114 Å². The maximum Gasteiger partial charge on any atom is 0.131 e. The Morgan fingerprint density at radius 2 is 1.79 bits per heavy atom. The fourth-order valence-corrected chi connectivity index (χ4v) is 2.34. The number of ether oxygens (including phenoxy) is 1. The molecular weight excluding hydrogens is 232 g/mol. The highest BCUT2D eigenvalue weighted by Crippen LogP contribution is 2.33. The first-order valence-electron chi connectivity index (χ1n) is 6.80. The lowest BCUT2D eigenvalue weighted by Gasteiger charge is -2.20. The number of fused-ring (bicyclic) bond motifs is 1. The Hall–Kier alpha value is -2.02. The molecule has 0 bridgehead atoms. The summed E-state index contributed by atoms with van der Waals surface area (Å²) >= 11 is 0. The van der Waals surface area contributed by atoms with Crippen molar-refractivity contribution in [1.82, 2.24) is 0 Å². The molecule has 0 atom stereocenters. The summed E-state index contributed by atoms with van der Waals surface area (Å²) in [5.74, 6) is 2.50. The predicted octanol–water partition coefficient (Wildman–Crippen LogP) is 4.79. The Kier molecular flexibility index (Phi) is 3.12. The molecule has 3 rings (SSSR count). The zero-order valence-electron chi connectivity index (χ0n) is 11.4. The van der Waals surface area contributed by atoms with Gasteiger partial charge in [-0.1, -0.05) is 56.3 Å². The molecule has 0 aliphatic carbocycles. The molecule has 0 saturated heterocycles. The van der Waals surface area contributed by atoms with Crippen LogP contribution in [0.2, 0.25) is 0 Å². The smallest absolute Gasteiger partial charge is 0.131 e. The highest BCUT2D eigenvalue weighted by Gasteiger charge is 2.15. The molecule has 1 heterocycles. The molecule has 0 spiro atoms. The number of benzene rings is 2. The van der Waals surface area contributed by atoms with Crippen molar-refractivity contribution >= 4 is 5.76 Å². The van der Waals surface area contributed by atoms with Crippen molar-refractivity contribution in [1.29, 1.82) is 0 Å². The monoisotopic (exact) mass is 250 g/mol. The van der Waals surface area contributed by atoms with Gasteiger partial charge in [0.2, 0.25) is 0 Å². The van der Waals surface area contributed by atoms with Crippen molar-refractivity contribution in [2.45, 2.75) is 26.2 Å². The van der Waals surface area contributed by atoms with E-state index >= 15 is 0 Å². The molecule has 1 aliphatic rings. The van der Waals surface area contributed by atoms with Gasteiger partial charge in [-0.2, -0.15) is 0 Å². The molecule has 0 aromatic heterocycles. The molecular formula is C18H18O. The third kappa shape index (κ3) is 2.41. The number of hydrogen-bond acceptors (Lipinski definition) is 1. The van der Waals surface area contributed by atoms with E-state index in [1.54, 1.807) is 0 Å². The van der Waals surface area contributed by atoms with Gasteiger partial charge in [-0.3, -0.25) is 0 Å². The number of hydrogen-bond donors (Lipinski definition) is 0. The highest BCUT2D eigenvalue weighted by molar-refractivity contribution is 5.65. The average molecular weight is 250 g/mol. The summed E-state index contributed by atoms with van der Waals surface area (Å²) in [6, 6.07) is 16.8. The van der Waals surface area contributed by atoms with Gasteiger partial charge >= 0.3 is 0 Å². The van der Waals surface area contributed by atoms with E-state index < -0.39 is 0 Å². The van der Waals surface area contributed by atoms with Crippen LogP contribution in [0.1, 0.15) is 36.5 Å². The minimum Gasteiger partial charge on any atom is -0.457 e. The molecule has 0 amide bonds. The van der Waals surface area contributed by atoms with Crippen LogP contribution in [0.5, 0.6) is 5.75 Å². The maximum atomic E-state index is 6.07. The lowest BCUT2D eigenvalue weighted by molar-refractivity contribution is 0.497. The first-order valence-corrected chi connectivity index (χ1v) is 6.80. The van der Waals surface area contributed by atoms with E-state index in [-0.39, 0.29) is 0 Å². The highest BCUT2D eigenvalue weighted by atomic mass is 16.5. The summed E-state index contributed by atoms with van der Waals surface area (Å²) < 4.78 is 6.07. The second-order valence-corrected chi connectivity index (χ2v) is 5.26. The SMILES string of the molecule is CC(C)c1ccc2c(c1)OC(c1ccccc1)=CC2. The number of rotatable bonds is 2. The maximum absolute atomic E-state index is 6.07. The summed E-state index contributed by atoms with van der Waals surface area (Å²) in [5, 5.41) is 0. The van der Waals surface area contributed by atoms with Gasteiger partial charge in [0.1, 0.15) is 11.5 Å². The predicted molar refractivity (Wildman–Crippen MR) is 79.3 cm³/mol. The summed E-state index contributed by atoms with van der Waals surface area (Å²) in [6.07, 6.45) is 3.10. The van der Waals surface area contributed by atoms with Gasteiger partial charge in [0.25, 0.3) is 0 Å². The second-order valence-electron chi connectivity index (χ2n) is 5.26. The van der Waals surface area contributed by atoms with Crippen LogP contribution in [0, 0.1) is 0 Å². The molecule has 0 unspecified atom stereocenters. The summed E-state index contributed by atoms with van der Waals surface area (Å²) in [5.41, 5.74) is 3.74. The van der Waals surface area contributed by atoms with Crippen molar-refractivity contribution < 1.29 is 4.74 Å². The molecule has 1 nitrogen and oxygen atoms in total. The van der Waals surface area contributed by atoms with E-state index in [9.17, 15) is 0 Å². The van der Waals surface area contributed by atoms with Crippen molar-refractivity contribution in [3.8, 4) is 5.75 Å². The van der Waals surface area contributed by atoms with Gasteiger partial charge in [0.05, 0.1) is 0 Å². The average Bonchev–Trinajstić information content (AvgIpc) is 2.47. The molecule has 0 saturated carbocycles. The van der Waals surface area contributed by atoms with Gasteiger partial charge in [-0.05, 0) is 35.6 Å². The van der Waals surface area contributed by atoms with E-state index in [0.717, 1.165) is 23.5 Å². The third-order valence-electron chi connectivity index (χ3n) is 3.54. The van der Waals surface area contributed by atoms with Crippen LogP contribution in [0.4, 0.5) is 0 Å². The van der Waals surface area contributed by atoms with Crippen LogP contribution < -0.4 is 4.74 Å². The molecule has 0 radical (unpaired) electrons. The molecule has 1 heteroatoms. The van der Waals surface area contributed by atoms with Crippen LogP contribution in [0.3, 0.4) is 0 Å². The molecule has 2 aromatic rings. The van der Waals surface area contributed by atoms with Crippen LogP contribution in [-0.2, 0) is 6.42 Å². The minimum atomic E-state index is 0.528. The van der Waals surface area contributed by atoms with Crippen LogP contribution in [0.15, 0.2) is 54.6 Å². The Balaban J connectivity index is 1.93. The van der Waals surface area contributed by atoms with Crippen molar-refractivity contribution in [2.24, 2.45) is 0 Å². The van der Waals surface area contributed by atoms with E-state index in [0.29, 0.717) is 5.92 Å². The zero-order chi connectivity index (χ0) is 13.2. The topological polar surface area (TPSA) is 9.23 Å². The zero-order valence-corrected chi connectivity index (χ0v) is 11.4. The van der Waals surface area contributed by atoms with E-state index in [1.807, 2.05) is 18.2 Å². The van der Waals surface area contributed by atoms with Crippen molar-refractivity contribution in [2.75, 3.05) is 0 Å². The quantitative estimate of drug-likeness (QED) is 0.745. The third-order valence-corrected chi connectivity index (χ3v) is 3.54. The van der Waals surface area contributed by atoms with Crippen LogP contribution >= 0.6 is 0 Å². The van der Waals surface area contributed by atoms with Gasteiger partial charge in [0, 0.05) is 5.56 Å². The molecule has 19 heavy (non-hydrogen) atoms. The van der Waals surface area contributed by atoms with Gasteiger partial charge in [-0.25, -0.2) is 0 Å². The van der Waals surface area contributed by atoms with E-state index in [2.05, 4.69) is 50.3 Å². The number of allylic oxidation sites excluding steroid dienone is 1. The lowest BCUT2D eigenvalue weighted by Crippen LogP contribution is -2.04. The largest absolute Gasteiger partial charge is 0.457 e. The van der Waals surface area contributed by atoms with Crippen molar-refractivity contribution in [3.05, 3.63) is 71.3 Å². The molecule has 0 N–H and O–H groups in total. The fraction of sp³-hybridized carbons (Fsp3) is 0.222. The first-order chi connectivity index (χ1) is 9.24. The molecule has 2 aromatic carbocycles. The second kappa shape index (κ2) is 4.93. The fourth-order valence-electron chi connectivity index (χ4n) is 2.34. The summed E-state index contributed by atoms with van der Waals surface area (Å²) in [7, 11) is 0. The first kappa shape index (κ1) is 12.0. The standard InChI is InChI=1S/C18H18O/c1-13(2)16-9-8-15-10-11-17(19-18(15)12-16)14-6-4-3-5-7-14/h3-9,11-13H,10H2,1-2H3. The van der Waals surface area contributed by atoms with Gasteiger partial charge in [0.15, 0.2) is 0 Å². The normalized spacial score (nSPS) is 13.7. The summed E-state index contributed by atoms with van der Waals surface area (Å²) in [4.78, 5) is 0. The van der Waals surface area contributed by atoms with Gasteiger partial charge in [-0.15, -0.1) is 0 Å². The van der Waals surface area contributed by atoms with Crippen LogP contribution in [0.25, 0.3) is 5.76 Å². The lowest BCUT2D eigenvalue weighted by atomic mass is 9.98. The minimum absolute atomic E-state index is 0.528. The van der Waals surface area contributed by atoms with E-state index in [1.165, 1.54) is 11.1 Å². The van der Waals surface area contributed by atoms with Crippen LogP contribution in [-0.4, -0.2) is 0 Å². The Morgan fingerprint density at radius 3 is 2.53 bits per heavy atom. The summed E-state index contributed by atoms with van der Waals surface area (Å²) in [6.45, 7) is 4.41. The van der Waals surface area contributed by atoms with E-state index in [4.69, 9.17) is 4.74 Å². The molecule has 96 valence electrons. The molecule has 1 aliphatic heterocycles. The Bertz CT molecular complexity index is 609. The van der Waals surface area contributed by atoms with Crippen molar-refractivity contribution in [3.63, 3.8) is 0 Å². The van der Waals surface area contributed by atoms with Gasteiger partial charge < -0.3 is 4.74 Å². The molecule has 0 fully saturated rings.